The van der Waals surface area contributed by atoms with Crippen molar-refractivity contribution >= 4 is 87.5 Å². The van der Waals surface area contributed by atoms with E-state index in [1.54, 1.807) is 12.4 Å². The minimum atomic E-state index is -0.123. The molecule has 0 saturated carbocycles. The van der Waals surface area contributed by atoms with Gasteiger partial charge in [0, 0.05) is 57.7 Å². The number of halogens is 1. The molecular formula is C64H41BrN4. The first-order valence-electron chi connectivity index (χ1n) is 23.5. The molecule has 12 aromatic rings. The van der Waals surface area contributed by atoms with Crippen molar-refractivity contribution < 1.29 is 0 Å². The van der Waals surface area contributed by atoms with Crippen LogP contribution in [0.25, 0.3) is 43.1 Å². The van der Waals surface area contributed by atoms with E-state index in [9.17, 15) is 0 Å². The second-order valence-electron chi connectivity index (χ2n) is 18.3. The molecule has 0 unspecified atom stereocenters. The van der Waals surface area contributed by atoms with Gasteiger partial charge in [0.05, 0.1) is 10.8 Å². The van der Waals surface area contributed by atoms with Crippen LogP contribution in [0.1, 0.15) is 44.5 Å². The van der Waals surface area contributed by atoms with E-state index in [0.29, 0.717) is 0 Å². The average molecular weight is 946 g/mol. The molecule has 4 aliphatic rings. The van der Waals surface area contributed by atoms with Crippen LogP contribution in [-0.2, 0) is 10.8 Å². The summed E-state index contributed by atoms with van der Waals surface area (Å²) in [5.41, 5.74) is 17.0. The number of hydrogen-bond acceptors (Lipinski definition) is 4. The van der Waals surface area contributed by atoms with Crippen LogP contribution in [-0.4, -0.2) is 9.97 Å². The molecule has 10 aromatic carbocycles. The zero-order valence-electron chi connectivity index (χ0n) is 37.3. The van der Waals surface area contributed by atoms with Gasteiger partial charge in [-0.05, 0) is 160 Å². The normalized spacial score (nSPS) is 13.8. The molecule has 2 aromatic heterocycles. The molecule has 0 atom stereocenters. The van der Waals surface area contributed by atoms with E-state index in [0.717, 1.165) is 22.7 Å². The van der Waals surface area contributed by atoms with E-state index >= 15 is 0 Å². The summed E-state index contributed by atoms with van der Waals surface area (Å²) < 4.78 is 1.17. The quantitative estimate of drug-likeness (QED) is 0.187. The first-order chi connectivity index (χ1) is 34.1. The van der Waals surface area contributed by atoms with Crippen LogP contribution in [0.2, 0.25) is 0 Å². The Kier molecular flexibility index (Phi) is 8.83. The lowest BCUT2D eigenvalue weighted by Gasteiger charge is -2.52. The third kappa shape index (κ3) is 5.62. The second-order valence-corrected chi connectivity index (χ2v) is 19.2. The van der Waals surface area contributed by atoms with Gasteiger partial charge in [-0.15, -0.1) is 0 Å². The fraction of sp³-hybridized carbons (Fsp3) is 0.0312. The predicted molar refractivity (Wildman–Crippen MR) is 288 cm³/mol. The van der Waals surface area contributed by atoms with Gasteiger partial charge >= 0.3 is 0 Å². The molecule has 16 rings (SSSR count). The molecule has 4 nitrogen and oxygen atoms in total. The highest BCUT2D eigenvalue weighted by Gasteiger charge is 2.56. The molecule has 1 N–H and O–H groups in total. The van der Waals surface area contributed by atoms with E-state index < -0.39 is 0 Å². The highest BCUT2D eigenvalue weighted by Crippen LogP contribution is 2.66. The van der Waals surface area contributed by atoms with E-state index in [-0.39, 0.29) is 10.8 Å². The number of pyridine rings is 2. The lowest BCUT2D eigenvalue weighted by atomic mass is 9.49. The smallest absolute Gasteiger partial charge is 0.0726 e. The number of benzene rings is 10. The van der Waals surface area contributed by atoms with Crippen LogP contribution in [0, 0.1) is 0 Å². The fourth-order valence-electron chi connectivity index (χ4n) is 12.2. The summed E-state index contributed by atoms with van der Waals surface area (Å²) >= 11 is 3.69. The second kappa shape index (κ2) is 15.3. The zero-order valence-corrected chi connectivity index (χ0v) is 38.9. The topological polar surface area (TPSA) is 41.1 Å². The van der Waals surface area contributed by atoms with Gasteiger partial charge in [0.2, 0.25) is 0 Å². The SMILES string of the molecule is Brc1cc2c3c(cccc3c1)C21c2cccc3cccc1c23.c1ccc(N(c2ccncc2)c2cc3c4c(cccc4c2)C32c3cccc4cccc2c34)cc1.c1ccc(Nc2ccncc2)cc1. The number of hydrogen-bond donors (Lipinski definition) is 1. The number of anilines is 5. The third-order valence-corrected chi connectivity index (χ3v) is 15.3. The summed E-state index contributed by atoms with van der Waals surface area (Å²) in [4.78, 5) is 10.5. The Morgan fingerprint density at radius 3 is 1.22 bits per heavy atom. The third-order valence-electron chi connectivity index (χ3n) is 14.9. The number of fused-ring (bicyclic) bond motifs is 8. The van der Waals surface area contributed by atoms with Crippen LogP contribution in [0.5, 0.6) is 0 Å². The number of nitrogens with one attached hydrogen (secondary N) is 1. The molecule has 0 bridgehead atoms. The molecule has 0 amide bonds. The lowest BCUT2D eigenvalue weighted by Crippen LogP contribution is -2.43. The molecule has 5 heteroatoms. The van der Waals surface area contributed by atoms with Gasteiger partial charge in [0.15, 0.2) is 0 Å². The Morgan fingerprint density at radius 1 is 0.319 bits per heavy atom. The highest BCUT2D eigenvalue weighted by atomic mass is 79.9. The summed E-state index contributed by atoms with van der Waals surface area (Å²) in [5.74, 6) is 0. The predicted octanol–water partition coefficient (Wildman–Crippen LogP) is 16.5. The van der Waals surface area contributed by atoms with Gasteiger partial charge in [0.1, 0.15) is 0 Å². The summed E-state index contributed by atoms with van der Waals surface area (Å²) in [6.45, 7) is 0. The van der Waals surface area contributed by atoms with Gasteiger partial charge in [-0.1, -0.05) is 162 Å². The van der Waals surface area contributed by atoms with Crippen molar-refractivity contribution in [3.63, 3.8) is 0 Å². The standard InChI is InChI=1S/C32H20N2.C21H11Br.C11H10N2/c1-2-10-23(11-3-1)34(24-15-17-33-18-16-24)25-19-22-9-6-14-28-31(22)29(20-25)32(28)26-12-4-7-21-8-5-13-27(32)30(21)26;22-14-10-13-6-3-9-17-20(13)18(11-14)21(17)15-7-1-4-12-5-2-8-16(21)19(12)15;1-2-4-10(5-3-1)13-11-6-8-12-9-7-11/h1-20H;1-11H;1-9H,(H,12,13). The summed E-state index contributed by atoms with van der Waals surface area (Å²) in [5, 5.41) is 14.3. The Balaban J connectivity index is 0.000000109. The Morgan fingerprint density at radius 2 is 0.710 bits per heavy atom. The Hall–Kier alpha value is -8.38. The molecule has 324 valence electrons. The van der Waals surface area contributed by atoms with Crippen LogP contribution in [0.15, 0.2) is 248 Å². The van der Waals surface area contributed by atoms with Crippen molar-refractivity contribution in [2.24, 2.45) is 0 Å². The van der Waals surface area contributed by atoms with E-state index in [2.05, 4.69) is 212 Å². The fourth-order valence-corrected chi connectivity index (χ4v) is 12.7. The molecule has 69 heavy (non-hydrogen) atoms. The van der Waals surface area contributed by atoms with Crippen molar-refractivity contribution in [1.29, 1.82) is 0 Å². The van der Waals surface area contributed by atoms with Gasteiger partial charge in [0.25, 0.3) is 0 Å². The maximum absolute atomic E-state index is 4.26. The molecule has 2 heterocycles. The molecule has 0 radical (unpaired) electrons. The molecule has 0 saturated heterocycles. The van der Waals surface area contributed by atoms with Crippen molar-refractivity contribution in [1.82, 2.24) is 9.97 Å². The number of rotatable bonds is 5. The van der Waals surface area contributed by atoms with Gasteiger partial charge in [-0.3, -0.25) is 9.97 Å². The highest BCUT2D eigenvalue weighted by molar-refractivity contribution is 9.10. The molecular weight excluding hydrogens is 905 g/mol. The Labute approximate surface area is 408 Å². The van der Waals surface area contributed by atoms with Gasteiger partial charge in [-0.25, -0.2) is 0 Å². The van der Waals surface area contributed by atoms with Crippen LogP contribution in [0.4, 0.5) is 28.4 Å². The van der Waals surface area contributed by atoms with Gasteiger partial charge < -0.3 is 10.2 Å². The van der Waals surface area contributed by atoms with Crippen molar-refractivity contribution in [3.8, 4) is 0 Å². The van der Waals surface area contributed by atoms with Crippen molar-refractivity contribution in [2.75, 3.05) is 10.2 Å². The van der Waals surface area contributed by atoms with Crippen molar-refractivity contribution in [2.45, 2.75) is 10.8 Å². The number of nitrogens with zero attached hydrogens (tertiary/aromatic N) is 3. The minimum Gasteiger partial charge on any atom is -0.355 e. The first-order valence-corrected chi connectivity index (χ1v) is 24.3. The summed E-state index contributed by atoms with van der Waals surface area (Å²) in [7, 11) is 0. The summed E-state index contributed by atoms with van der Waals surface area (Å²) in [6, 6.07) is 78.4. The molecule has 4 aliphatic carbocycles. The maximum Gasteiger partial charge on any atom is 0.0726 e. The average Bonchev–Trinajstić information content (AvgIpc) is 3.39. The lowest BCUT2D eigenvalue weighted by molar-refractivity contribution is 0.700. The molecule has 0 fully saturated rings. The largest absolute Gasteiger partial charge is 0.355 e. The first kappa shape index (κ1) is 39.8. The van der Waals surface area contributed by atoms with Crippen LogP contribution in [0.3, 0.4) is 0 Å². The monoisotopic (exact) mass is 944 g/mol. The molecule has 0 aliphatic heterocycles. The van der Waals surface area contributed by atoms with Crippen molar-refractivity contribution in [3.05, 3.63) is 292 Å². The van der Waals surface area contributed by atoms with Gasteiger partial charge in [-0.2, -0.15) is 0 Å². The number of aromatic nitrogens is 2. The summed E-state index contributed by atoms with van der Waals surface area (Å²) in [6.07, 6.45) is 7.26. The minimum absolute atomic E-state index is 0.00866. The van der Waals surface area contributed by atoms with Crippen LogP contribution < -0.4 is 10.2 Å². The van der Waals surface area contributed by atoms with E-state index in [1.165, 1.54) is 97.8 Å². The maximum atomic E-state index is 4.26. The molecule has 2 spiro atoms. The van der Waals surface area contributed by atoms with E-state index in [4.69, 9.17) is 0 Å². The van der Waals surface area contributed by atoms with Crippen LogP contribution >= 0.6 is 15.9 Å². The van der Waals surface area contributed by atoms with E-state index in [1.807, 2.05) is 54.9 Å². The Bertz CT molecular complexity index is 3850. The zero-order chi connectivity index (χ0) is 45.7. The number of para-hydroxylation sites is 2.